The number of benzene rings is 2. The highest BCUT2D eigenvalue weighted by molar-refractivity contribution is 6.32. The molecule has 2 aromatic carbocycles. The SMILES string of the molecule is COc1cccc(/C=C/C(=O)c2ccc(Cl)c([N+](=O)[O-])c2)c1OC(F)F. The Labute approximate surface area is 151 Å². The fourth-order valence-corrected chi connectivity index (χ4v) is 2.29. The third-order valence-electron chi connectivity index (χ3n) is 3.28. The van der Waals surface area contributed by atoms with Gasteiger partial charge in [-0.05, 0) is 30.4 Å². The van der Waals surface area contributed by atoms with Crippen molar-refractivity contribution >= 4 is 29.1 Å². The van der Waals surface area contributed by atoms with E-state index in [4.69, 9.17) is 16.3 Å². The number of methoxy groups -OCH3 is 1. The summed E-state index contributed by atoms with van der Waals surface area (Å²) in [5.41, 5.74) is -0.202. The first-order valence-corrected chi connectivity index (χ1v) is 7.49. The van der Waals surface area contributed by atoms with E-state index in [0.29, 0.717) is 0 Å². The van der Waals surface area contributed by atoms with Gasteiger partial charge in [0.1, 0.15) is 5.02 Å². The van der Waals surface area contributed by atoms with Crippen molar-refractivity contribution in [3.8, 4) is 11.5 Å². The van der Waals surface area contributed by atoms with Gasteiger partial charge in [-0.15, -0.1) is 0 Å². The minimum Gasteiger partial charge on any atom is -0.493 e. The zero-order valence-electron chi connectivity index (χ0n) is 13.3. The number of nitro groups is 1. The maximum absolute atomic E-state index is 12.6. The predicted octanol–water partition coefficient (Wildman–Crippen LogP) is 4.75. The second-order valence-electron chi connectivity index (χ2n) is 4.88. The Morgan fingerprint density at radius 2 is 2.04 bits per heavy atom. The van der Waals surface area contributed by atoms with Gasteiger partial charge in [-0.3, -0.25) is 14.9 Å². The van der Waals surface area contributed by atoms with Gasteiger partial charge in [-0.25, -0.2) is 0 Å². The molecule has 136 valence electrons. The predicted molar refractivity (Wildman–Crippen MR) is 91.1 cm³/mol. The van der Waals surface area contributed by atoms with E-state index in [-0.39, 0.29) is 27.6 Å². The first kappa shape index (κ1) is 19.3. The van der Waals surface area contributed by atoms with Crippen LogP contribution in [0.15, 0.2) is 42.5 Å². The Bertz CT molecular complexity index is 870. The Morgan fingerprint density at radius 3 is 2.65 bits per heavy atom. The molecule has 2 aromatic rings. The van der Waals surface area contributed by atoms with Crippen molar-refractivity contribution in [1.82, 2.24) is 0 Å². The first-order valence-electron chi connectivity index (χ1n) is 7.11. The number of hydrogen-bond acceptors (Lipinski definition) is 5. The van der Waals surface area contributed by atoms with Crippen LogP contribution in [0.4, 0.5) is 14.5 Å². The Kier molecular flexibility index (Phi) is 6.24. The van der Waals surface area contributed by atoms with Crippen molar-refractivity contribution in [3.63, 3.8) is 0 Å². The fourth-order valence-electron chi connectivity index (χ4n) is 2.11. The first-order chi connectivity index (χ1) is 12.3. The summed E-state index contributed by atoms with van der Waals surface area (Å²) in [5.74, 6) is -0.728. The molecular weight excluding hydrogens is 372 g/mol. The summed E-state index contributed by atoms with van der Waals surface area (Å²) in [6, 6.07) is 8.02. The number of alkyl halides is 2. The molecule has 0 bridgehead atoms. The number of ether oxygens (including phenoxy) is 2. The second-order valence-corrected chi connectivity index (χ2v) is 5.29. The number of ketones is 1. The lowest BCUT2D eigenvalue weighted by Gasteiger charge is -2.12. The van der Waals surface area contributed by atoms with Crippen molar-refractivity contribution < 1.29 is 28.0 Å². The van der Waals surface area contributed by atoms with Crippen LogP contribution in [0.1, 0.15) is 15.9 Å². The van der Waals surface area contributed by atoms with Gasteiger partial charge < -0.3 is 9.47 Å². The normalized spacial score (nSPS) is 11.0. The standard InChI is InChI=1S/C17H12ClF2NO5/c1-25-15-4-2-3-10(16(15)26-17(19)20)6-8-14(22)11-5-7-12(18)13(9-11)21(23)24/h2-9,17H,1H3/b8-6+. The van der Waals surface area contributed by atoms with E-state index >= 15 is 0 Å². The molecule has 0 radical (unpaired) electrons. The molecule has 0 N–H and O–H groups in total. The van der Waals surface area contributed by atoms with E-state index in [1.54, 1.807) is 0 Å². The highest BCUT2D eigenvalue weighted by Crippen LogP contribution is 2.33. The average Bonchev–Trinajstić information content (AvgIpc) is 2.60. The number of para-hydroxylation sites is 1. The van der Waals surface area contributed by atoms with Crippen LogP contribution in [0.2, 0.25) is 5.02 Å². The summed E-state index contributed by atoms with van der Waals surface area (Å²) in [6.45, 7) is -3.08. The molecule has 9 heteroatoms. The minimum absolute atomic E-state index is 0.0246. The van der Waals surface area contributed by atoms with Crippen molar-refractivity contribution in [2.24, 2.45) is 0 Å². The van der Waals surface area contributed by atoms with Gasteiger partial charge in [0, 0.05) is 17.2 Å². The van der Waals surface area contributed by atoms with Crippen LogP contribution < -0.4 is 9.47 Å². The molecule has 26 heavy (non-hydrogen) atoms. The van der Waals surface area contributed by atoms with E-state index in [2.05, 4.69) is 4.74 Å². The Morgan fingerprint density at radius 1 is 1.31 bits per heavy atom. The molecule has 0 amide bonds. The molecule has 6 nitrogen and oxygen atoms in total. The van der Waals surface area contributed by atoms with Crippen LogP contribution in [0, 0.1) is 10.1 Å². The van der Waals surface area contributed by atoms with Crippen molar-refractivity contribution in [2.45, 2.75) is 6.61 Å². The summed E-state index contributed by atoms with van der Waals surface area (Å²) in [6.07, 6.45) is 2.34. The number of hydrogen-bond donors (Lipinski definition) is 0. The number of nitro benzene ring substituents is 1. The molecule has 0 aromatic heterocycles. The van der Waals surface area contributed by atoms with E-state index < -0.39 is 23.0 Å². The molecule has 0 aliphatic heterocycles. The van der Waals surface area contributed by atoms with Gasteiger partial charge >= 0.3 is 6.61 Å². The number of carbonyl (C=O) groups excluding carboxylic acids is 1. The van der Waals surface area contributed by atoms with E-state index in [1.807, 2.05) is 0 Å². The summed E-state index contributed by atoms with van der Waals surface area (Å²) < 4.78 is 34.6. The smallest absolute Gasteiger partial charge is 0.387 e. The molecule has 0 fully saturated rings. The summed E-state index contributed by atoms with van der Waals surface area (Å²) in [5, 5.41) is 10.8. The highest BCUT2D eigenvalue weighted by Gasteiger charge is 2.16. The number of carbonyl (C=O) groups is 1. The zero-order chi connectivity index (χ0) is 19.3. The summed E-state index contributed by atoms with van der Waals surface area (Å²) in [7, 11) is 1.29. The van der Waals surface area contributed by atoms with Gasteiger partial charge in [0.05, 0.1) is 12.0 Å². The maximum Gasteiger partial charge on any atom is 0.387 e. The molecule has 0 spiro atoms. The molecular formula is C17H12ClF2NO5. The number of halogens is 3. The third-order valence-corrected chi connectivity index (χ3v) is 3.60. The number of allylic oxidation sites excluding steroid dienone is 1. The lowest BCUT2D eigenvalue weighted by Crippen LogP contribution is -2.05. The highest BCUT2D eigenvalue weighted by atomic mass is 35.5. The maximum atomic E-state index is 12.6. The van der Waals surface area contributed by atoms with Crippen LogP contribution in [-0.2, 0) is 0 Å². The van der Waals surface area contributed by atoms with Gasteiger partial charge in [0.25, 0.3) is 5.69 Å². The van der Waals surface area contributed by atoms with Crippen molar-refractivity contribution in [3.05, 3.63) is 68.7 Å². The zero-order valence-corrected chi connectivity index (χ0v) is 14.1. The monoisotopic (exact) mass is 383 g/mol. The second kappa shape index (κ2) is 8.39. The quantitative estimate of drug-likeness (QED) is 0.298. The van der Waals surface area contributed by atoms with Crippen LogP contribution >= 0.6 is 11.6 Å². The molecule has 0 atom stereocenters. The lowest BCUT2D eigenvalue weighted by atomic mass is 10.1. The van der Waals surface area contributed by atoms with Crippen molar-refractivity contribution in [1.29, 1.82) is 0 Å². The van der Waals surface area contributed by atoms with Gasteiger partial charge in [0.2, 0.25) is 0 Å². The Hall–Kier alpha value is -3.00. The lowest BCUT2D eigenvalue weighted by molar-refractivity contribution is -0.384. The van der Waals surface area contributed by atoms with Crippen LogP contribution in [0.25, 0.3) is 6.08 Å². The van der Waals surface area contributed by atoms with Crippen LogP contribution in [0.5, 0.6) is 11.5 Å². The van der Waals surface area contributed by atoms with Gasteiger partial charge in [-0.2, -0.15) is 8.78 Å². The molecule has 0 saturated carbocycles. The molecule has 0 unspecified atom stereocenters. The topological polar surface area (TPSA) is 78.7 Å². The van der Waals surface area contributed by atoms with Crippen molar-refractivity contribution in [2.75, 3.05) is 7.11 Å². The minimum atomic E-state index is -3.08. The summed E-state index contributed by atoms with van der Waals surface area (Å²) >= 11 is 5.70. The average molecular weight is 384 g/mol. The van der Waals surface area contributed by atoms with Crippen LogP contribution in [-0.4, -0.2) is 24.4 Å². The summed E-state index contributed by atoms with van der Waals surface area (Å²) in [4.78, 5) is 22.4. The van der Waals surface area contributed by atoms with Gasteiger partial charge in [0.15, 0.2) is 17.3 Å². The molecule has 0 aliphatic carbocycles. The number of nitrogens with zero attached hydrogens (tertiary/aromatic N) is 1. The van der Waals surface area contributed by atoms with E-state index in [0.717, 1.165) is 12.1 Å². The fraction of sp³-hybridized carbons (Fsp3) is 0.118. The molecule has 2 rings (SSSR count). The molecule has 0 saturated heterocycles. The van der Waals surface area contributed by atoms with Crippen LogP contribution in [0.3, 0.4) is 0 Å². The third kappa shape index (κ3) is 4.54. The molecule has 0 heterocycles. The largest absolute Gasteiger partial charge is 0.493 e. The van der Waals surface area contributed by atoms with E-state index in [1.165, 1.54) is 43.5 Å². The van der Waals surface area contributed by atoms with Gasteiger partial charge in [-0.1, -0.05) is 23.7 Å². The van der Waals surface area contributed by atoms with E-state index in [9.17, 15) is 23.7 Å². The number of rotatable bonds is 7. The molecule has 0 aliphatic rings. The Balaban J connectivity index is 2.34.